The molecule has 1 unspecified atom stereocenters. The average molecular weight is 217 g/mol. The molecule has 0 amide bonds. The van der Waals surface area contributed by atoms with Crippen LogP contribution in [0.25, 0.3) is 0 Å². The first-order valence-electron chi connectivity index (χ1n) is 4.39. The maximum Gasteiger partial charge on any atom is 0.248 e. The molecule has 1 fully saturated rings. The molecule has 0 spiro atoms. The predicted molar refractivity (Wildman–Crippen MR) is 49.0 cm³/mol. The minimum Gasteiger partial charge on any atom is -0.296 e. The third kappa shape index (κ3) is 1.82. The first kappa shape index (κ1) is 9.71. The highest BCUT2D eigenvalue weighted by atomic mass is 32.1. The normalized spacial score (nSPS) is 25.1. The van der Waals surface area contributed by atoms with Crippen LogP contribution in [0, 0.1) is 0 Å². The lowest BCUT2D eigenvalue weighted by Gasteiger charge is -2.07. The van der Waals surface area contributed by atoms with Crippen LogP contribution >= 0.6 is 11.3 Å². The number of aldehydes is 1. The van der Waals surface area contributed by atoms with E-state index in [1.165, 1.54) is 11.3 Å². The van der Waals surface area contributed by atoms with Gasteiger partial charge in [0.25, 0.3) is 0 Å². The van der Waals surface area contributed by atoms with Gasteiger partial charge < -0.3 is 0 Å². The van der Waals surface area contributed by atoms with Gasteiger partial charge in [-0.2, -0.15) is 0 Å². The summed E-state index contributed by atoms with van der Waals surface area (Å²) in [6.45, 7) is 0. The van der Waals surface area contributed by atoms with Crippen molar-refractivity contribution in [3.63, 3.8) is 0 Å². The van der Waals surface area contributed by atoms with Crippen LogP contribution in [-0.2, 0) is 0 Å². The van der Waals surface area contributed by atoms with Crippen molar-refractivity contribution < 1.29 is 13.6 Å². The Morgan fingerprint density at radius 2 is 2.43 bits per heavy atom. The van der Waals surface area contributed by atoms with Crippen LogP contribution in [0.2, 0.25) is 0 Å². The summed E-state index contributed by atoms with van der Waals surface area (Å²) in [5, 5.41) is 2.28. The highest BCUT2D eigenvalue weighted by Gasteiger charge is 2.41. The molecule has 2 rings (SSSR count). The van der Waals surface area contributed by atoms with Crippen LogP contribution in [0.15, 0.2) is 5.38 Å². The summed E-state index contributed by atoms with van der Waals surface area (Å²) >= 11 is 1.30. The molecular formula is C9H9F2NOS. The number of rotatable bonds is 2. The van der Waals surface area contributed by atoms with Crippen molar-refractivity contribution in [3.05, 3.63) is 16.1 Å². The fourth-order valence-corrected chi connectivity index (χ4v) is 2.60. The van der Waals surface area contributed by atoms with E-state index in [1.54, 1.807) is 5.38 Å². The van der Waals surface area contributed by atoms with E-state index in [1.807, 2.05) is 0 Å². The van der Waals surface area contributed by atoms with Gasteiger partial charge in [0.2, 0.25) is 5.92 Å². The first-order valence-corrected chi connectivity index (χ1v) is 5.27. The van der Waals surface area contributed by atoms with Crippen molar-refractivity contribution in [2.24, 2.45) is 0 Å². The molecule has 0 radical (unpaired) electrons. The number of thiazole rings is 1. The Hall–Kier alpha value is -0.840. The molecule has 1 aliphatic rings. The SMILES string of the molecule is O=Cc1csc(C2CCC(F)(F)C2)n1. The maximum absolute atomic E-state index is 12.9. The monoisotopic (exact) mass is 217 g/mol. The second kappa shape index (κ2) is 3.38. The van der Waals surface area contributed by atoms with Gasteiger partial charge in [0.05, 0.1) is 5.01 Å². The van der Waals surface area contributed by atoms with Gasteiger partial charge in [-0.15, -0.1) is 11.3 Å². The van der Waals surface area contributed by atoms with Gasteiger partial charge in [0.15, 0.2) is 6.29 Å². The van der Waals surface area contributed by atoms with E-state index < -0.39 is 5.92 Å². The highest BCUT2D eigenvalue weighted by Crippen LogP contribution is 2.44. The number of alkyl halides is 2. The van der Waals surface area contributed by atoms with Gasteiger partial charge >= 0.3 is 0 Å². The Balaban J connectivity index is 2.13. The third-order valence-electron chi connectivity index (χ3n) is 2.41. The summed E-state index contributed by atoms with van der Waals surface area (Å²) in [5.41, 5.74) is 0.347. The first-order chi connectivity index (χ1) is 6.61. The van der Waals surface area contributed by atoms with Crippen LogP contribution in [0.5, 0.6) is 0 Å². The number of carbonyl (C=O) groups is 1. The Morgan fingerprint density at radius 1 is 1.64 bits per heavy atom. The molecule has 1 atom stereocenters. The van der Waals surface area contributed by atoms with Crippen molar-refractivity contribution in [2.45, 2.75) is 31.1 Å². The zero-order valence-electron chi connectivity index (χ0n) is 7.37. The molecule has 1 aliphatic carbocycles. The standard InChI is InChI=1S/C9H9F2NOS/c10-9(11)2-1-6(3-9)8-12-7(4-13)5-14-8/h4-6H,1-3H2. The lowest BCUT2D eigenvalue weighted by Crippen LogP contribution is -2.09. The zero-order chi connectivity index (χ0) is 10.2. The second-order valence-electron chi connectivity index (χ2n) is 3.52. The number of hydrogen-bond acceptors (Lipinski definition) is 3. The topological polar surface area (TPSA) is 30.0 Å². The highest BCUT2D eigenvalue weighted by molar-refractivity contribution is 7.09. The van der Waals surface area contributed by atoms with Gasteiger partial charge in [0.1, 0.15) is 5.69 Å². The molecular weight excluding hydrogens is 208 g/mol. The summed E-state index contributed by atoms with van der Waals surface area (Å²) in [4.78, 5) is 14.4. The quantitative estimate of drug-likeness (QED) is 0.713. The van der Waals surface area contributed by atoms with Crippen LogP contribution in [0.1, 0.15) is 40.7 Å². The van der Waals surface area contributed by atoms with Crippen molar-refractivity contribution in [2.75, 3.05) is 0 Å². The zero-order valence-corrected chi connectivity index (χ0v) is 8.19. The molecule has 0 saturated heterocycles. The average Bonchev–Trinajstić information content (AvgIpc) is 2.70. The number of aromatic nitrogens is 1. The van der Waals surface area contributed by atoms with Gasteiger partial charge in [-0.25, -0.2) is 13.8 Å². The molecule has 76 valence electrons. The lowest BCUT2D eigenvalue weighted by molar-refractivity contribution is 0.00776. The maximum atomic E-state index is 12.9. The molecule has 0 aromatic carbocycles. The fourth-order valence-electron chi connectivity index (χ4n) is 1.70. The smallest absolute Gasteiger partial charge is 0.248 e. The molecule has 1 aromatic heterocycles. The number of nitrogens with zero attached hydrogens (tertiary/aromatic N) is 1. The van der Waals surface area contributed by atoms with Crippen molar-refractivity contribution in [1.82, 2.24) is 4.98 Å². The summed E-state index contributed by atoms with van der Waals surface area (Å²) in [5.74, 6) is -2.71. The van der Waals surface area contributed by atoms with Crippen LogP contribution in [0.4, 0.5) is 8.78 Å². The molecule has 0 aliphatic heterocycles. The van der Waals surface area contributed by atoms with Crippen LogP contribution < -0.4 is 0 Å². The molecule has 2 nitrogen and oxygen atoms in total. The van der Waals surface area contributed by atoms with Crippen LogP contribution in [0.3, 0.4) is 0 Å². The van der Waals surface area contributed by atoms with Gasteiger partial charge in [-0.3, -0.25) is 4.79 Å². The van der Waals surface area contributed by atoms with E-state index in [4.69, 9.17) is 0 Å². The molecule has 0 N–H and O–H groups in total. The fraction of sp³-hybridized carbons (Fsp3) is 0.556. The van der Waals surface area contributed by atoms with Gasteiger partial charge in [-0.05, 0) is 6.42 Å². The number of halogens is 2. The van der Waals surface area contributed by atoms with Crippen molar-refractivity contribution >= 4 is 17.6 Å². The Bertz CT molecular complexity index is 350. The van der Waals surface area contributed by atoms with Crippen molar-refractivity contribution in [1.29, 1.82) is 0 Å². The largest absolute Gasteiger partial charge is 0.296 e. The lowest BCUT2D eigenvalue weighted by atomic mass is 10.1. The van der Waals surface area contributed by atoms with E-state index in [0.29, 0.717) is 23.4 Å². The van der Waals surface area contributed by atoms with Gasteiger partial charge in [0, 0.05) is 24.1 Å². The Labute approximate surface area is 84.0 Å². The van der Waals surface area contributed by atoms with E-state index in [-0.39, 0.29) is 18.8 Å². The third-order valence-corrected chi connectivity index (χ3v) is 3.44. The minimum atomic E-state index is -2.54. The van der Waals surface area contributed by atoms with E-state index in [0.717, 1.165) is 0 Å². The molecule has 5 heteroatoms. The number of hydrogen-bond donors (Lipinski definition) is 0. The summed E-state index contributed by atoms with van der Waals surface area (Å²) in [6.07, 6.45) is 0.929. The summed E-state index contributed by atoms with van der Waals surface area (Å²) in [6, 6.07) is 0. The second-order valence-corrected chi connectivity index (χ2v) is 4.41. The van der Waals surface area contributed by atoms with Crippen LogP contribution in [-0.4, -0.2) is 17.2 Å². The predicted octanol–water partition coefficient (Wildman–Crippen LogP) is 2.86. The summed E-state index contributed by atoms with van der Waals surface area (Å²) in [7, 11) is 0. The molecule has 0 bridgehead atoms. The van der Waals surface area contributed by atoms with E-state index in [9.17, 15) is 13.6 Å². The Morgan fingerprint density at radius 3 is 2.93 bits per heavy atom. The van der Waals surface area contributed by atoms with E-state index >= 15 is 0 Å². The molecule has 14 heavy (non-hydrogen) atoms. The van der Waals surface area contributed by atoms with E-state index in [2.05, 4.69) is 4.98 Å². The molecule has 1 saturated carbocycles. The molecule has 1 heterocycles. The Kier molecular flexibility index (Phi) is 2.34. The minimum absolute atomic E-state index is 0.0618. The molecule has 1 aromatic rings. The van der Waals surface area contributed by atoms with Gasteiger partial charge in [-0.1, -0.05) is 0 Å². The van der Waals surface area contributed by atoms with Crippen molar-refractivity contribution in [3.8, 4) is 0 Å². The number of carbonyl (C=O) groups excluding carboxylic acids is 1. The summed E-state index contributed by atoms with van der Waals surface area (Å²) < 4.78 is 25.8.